The number of rotatable bonds is 10. The summed E-state index contributed by atoms with van der Waals surface area (Å²) in [6, 6.07) is 12.4. The zero-order chi connectivity index (χ0) is 22.1. The van der Waals surface area contributed by atoms with Gasteiger partial charge in [0.05, 0.1) is 32.4 Å². The molecule has 0 N–H and O–H groups in total. The fourth-order valence-electron chi connectivity index (χ4n) is 4.14. The van der Waals surface area contributed by atoms with Gasteiger partial charge in [0.25, 0.3) is 0 Å². The summed E-state index contributed by atoms with van der Waals surface area (Å²) >= 11 is 0. The minimum atomic E-state index is -0.154. The van der Waals surface area contributed by atoms with Crippen molar-refractivity contribution in [2.45, 2.75) is 57.6 Å². The molecular formula is C25H34N2O4. The van der Waals surface area contributed by atoms with E-state index in [0.29, 0.717) is 13.0 Å². The van der Waals surface area contributed by atoms with Crippen molar-refractivity contribution in [3.63, 3.8) is 0 Å². The van der Waals surface area contributed by atoms with Crippen LogP contribution in [0.1, 0.15) is 56.4 Å². The third kappa shape index (κ3) is 6.69. The Labute approximate surface area is 185 Å². The molecule has 1 aliphatic rings. The summed E-state index contributed by atoms with van der Waals surface area (Å²) in [6.45, 7) is 3.64. The van der Waals surface area contributed by atoms with Gasteiger partial charge in [0.2, 0.25) is 0 Å². The van der Waals surface area contributed by atoms with Gasteiger partial charge in [-0.15, -0.1) is 0 Å². The molecule has 168 valence electrons. The molecule has 1 fully saturated rings. The molecule has 2 unspecified atom stereocenters. The first-order chi connectivity index (χ1) is 15.1. The number of pyridine rings is 1. The maximum atomic E-state index is 11.9. The molecule has 1 saturated heterocycles. The monoisotopic (exact) mass is 426 g/mol. The highest BCUT2D eigenvalue weighted by Gasteiger charge is 2.26. The Bertz CT molecular complexity index is 828. The summed E-state index contributed by atoms with van der Waals surface area (Å²) in [5.41, 5.74) is 3.28. The molecule has 2 aromatic rings. The highest BCUT2D eigenvalue weighted by atomic mass is 16.5. The van der Waals surface area contributed by atoms with Gasteiger partial charge in [0.15, 0.2) is 0 Å². The molecule has 6 heteroatoms. The number of esters is 1. The number of ether oxygens (including phenoxy) is 3. The molecular weight excluding hydrogens is 392 g/mol. The zero-order valence-electron chi connectivity index (χ0n) is 18.9. The van der Waals surface area contributed by atoms with E-state index in [1.165, 1.54) is 12.7 Å². The van der Waals surface area contributed by atoms with Gasteiger partial charge in [-0.25, -0.2) is 0 Å². The predicted molar refractivity (Wildman–Crippen MR) is 122 cm³/mol. The lowest BCUT2D eigenvalue weighted by Gasteiger charge is -2.37. The normalized spacial score (nSPS) is 17.3. The van der Waals surface area contributed by atoms with Crippen molar-refractivity contribution in [3.05, 3.63) is 53.9 Å². The predicted octanol–water partition coefficient (Wildman–Crippen LogP) is 4.72. The van der Waals surface area contributed by atoms with Crippen LogP contribution in [-0.4, -0.2) is 44.4 Å². The topological polar surface area (TPSA) is 60.9 Å². The molecule has 0 bridgehead atoms. The molecule has 1 aromatic carbocycles. The van der Waals surface area contributed by atoms with Gasteiger partial charge < -0.3 is 19.1 Å². The molecule has 6 nitrogen and oxygen atoms in total. The van der Waals surface area contributed by atoms with Crippen LogP contribution < -0.4 is 9.64 Å². The highest BCUT2D eigenvalue weighted by molar-refractivity contribution is 5.71. The van der Waals surface area contributed by atoms with E-state index in [2.05, 4.69) is 28.1 Å². The van der Waals surface area contributed by atoms with Crippen LogP contribution >= 0.6 is 0 Å². The van der Waals surface area contributed by atoms with Gasteiger partial charge in [-0.2, -0.15) is 0 Å². The Kier molecular flexibility index (Phi) is 8.71. The van der Waals surface area contributed by atoms with Gasteiger partial charge in [-0.05, 0) is 68.9 Å². The second-order valence-electron chi connectivity index (χ2n) is 8.03. The molecule has 0 amide bonds. The molecule has 0 aliphatic carbocycles. The molecule has 2 atom stereocenters. The van der Waals surface area contributed by atoms with E-state index >= 15 is 0 Å². The van der Waals surface area contributed by atoms with Crippen molar-refractivity contribution in [1.82, 2.24) is 4.98 Å². The van der Waals surface area contributed by atoms with Crippen LogP contribution in [0.4, 0.5) is 5.69 Å². The fourth-order valence-corrected chi connectivity index (χ4v) is 4.14. The Morgan fingerprint density at radius 1 is 1.23 bits per heavy atom. The first kappa shape index (κ1) is 23.1. The van der Waals surface area contributed by atoms with Gasteiger partial charge >= 0.3 is 5.97 Å². The largest absolute Gasteiger partial charge is 0.497 e. The van der Waals surface area contributed by atoms with Crippen molar-refractivity contribution in [2.75, 3.05) is 32.3 Å². The summed E-state index contributed by atoms with van der Waals surface area (Å²) in [5.74, 6) is 0.692. The first-order valence-electron chi connectivity index (χ1n) is 11.1. The van der Waals surface area contributed by atoms with Gasteiger partial charge in [-0.1, -0.05) is 6.07 Å². The van der Waals surface area contributed by atoms with Gasteiger partial charge in [0.1, 0.15) is 5.75 Å². The second kappa shape index (κ2) is 11.7. The molecule has 31 heavy (non-hydrogen) atoms. The van der Waals surface area contributed by atoms with Crippen LogP contribution in [0.2, 0.25) is 0 Å². The van der Waals surface area contributed by atoms with Crippen LogP contribution in [0.15, 0.2) is 42.6 Å². The average molecular weight is 427 g/mol. The molecule has 3 rings (SSSR count). The summed E-state index contributed by atoms with van der Waals surface area (Å²) in [6.07, 6.45) is 7.27. The summed E-state index contributed by atoms with van der Waals surface area (Å²) < 4.78 is 16.5. The quantitative estimate of drug-likeness (QED) is 0.405. The van der Waals surface area contributed by atoms with Crippen molar-refractivity contribution < 1.29 is 19.0 Å². The number of carbonyl (C=O) groups is 1. The Morgan fingerprint density at radius 2 is 2.10 bits per heavy atom. The van der Waals surface area contributed by atoms with Crippen LogP contribution in [0.3, 0.4) is 0 Å². The number of nitrogens with zero attached hydrogens (tertiary/aromatic N) is 2. The number of aromatic nitrogens is 1. The lowest BCUT2D eigenvalue weighted by molar-refractivity contribution is -0.141. The Morgan fingerprint density at radius 3 is 2.84 bits per heavy atom. The molecule has 1 aliphatic heterocycles. The van der Waals surface area contributed by atoms with Gasteiger partial charge in [0, 0.05) is 37.1 Å². The molecule has 1 aromatic heterocycles. The Hall–Kier alpha value is -2.60. The third-order valence-corrected chi connectivity index (χ3v) is 5.86. The van der Waals surface area contributed by atoms with E-state index in [-0.39, 0.29) is 18.1 Å². The SMILES string of the molecule is COC(=O)CC1CCCCN1c1cc(CCCOC(C)c2ccccn2)cc(OC)c1. The zero-order valence-corrected chi connectivity index (χ0v) is 18.9. The third-order valence-electron chi connectivity index (χ3n) is 5.86. The standard InChI is InChI=1S/C25H34N2O4/c1-19(24-11-4-6-12-26-24)31-14-8-9-20-15-22(17-23(16-20)29-2)27-13-7-5-10-21(27)18-25(28)30-3/h4,6,11-12,15-17,19,21H,5,7-10,13-14,18H2,1-3H3. The van der Waals surface area contributed by atoms with Crippen molar-refractivity contribution in [3.8, 4) is 5.75 Å². The van der Waals surface area contributed by atoms with E-state index < -0.39 is 0 Å². The number of aryl methyl sites for hydroxylation is 1. The van der Waals surface area contributed by atoms with Crippen molar-refractivity contribution >= 4 is 11.7 Å². The smallest absolute Gasteiger partial charge is 0.307 e. The van der Waals surface area contributed by atoms with Crippen molar-refractivity contribution in [2.24, 2.45) is 0 Å². The number of piperidine rings is 1. The van der Waals surface area contributed by atoms with Crippen LogP contribution in [0.25, 0.3) is 0 Å². The minimum absolute atomic E-state index is 0.0190. The van der Waals surface area contributed by atoms with E-state index in [1.54, 1.807) is 13.3 Å². The number of hydrogen-bond acceptors (Lipinski definition) is 6. The summed E-state index contributed by atoms with van der Waals surface area (Å²) in [7, 11) is 3.15. The molecule has 2 heterocycles. The number of methoxy groups -OCH3 is 2. The summed E-state index contributed by atoms with van der Waals surface area (Å²) in [5, 5.41) is 0. The molecule has 0 radical (unpaired) electrons. The number of benzene rings is 1. The lowest BCUT2D eigenvalue weighted by atomic mass is 9.97. The lowest BCUT2D eigenvalue weighted by Crippen LogP contribution is -2.41. The van der Waals surface area contributed by atoms with E-state index in [0.717, 1.165) is 55.8 Å². The van der Waals surface area contributed by atoms with E-state index in [1.807, 2.05) is 25.1 Å². The number of carbonyl (C=O) groups excluding carboxylic acids is 1. The van der Waals surface area contributed by atoms with Crippen LogP contribution in [0.5, 0.6) is 5.75 Å². The summed E-state index contributed by atoms with van der Waals surface area (Å²) in [4.78, 5) is 18.6. The van der Waals surface area contributed by atoms with Gasteiger partial charge in [-0.3, -0.25) is 9.78 Å². The second-order valence-corrected chi connectivity index (χ2v) is 8.03. The molecule has 0 spiro atoms. The number of anilines is 1. The van der Waals surface area contributed by atoms with Crippen LogP contribution in [-0.2, 0) is 20.7 Å². The maximum absolute atomic E-state index is 11.9. The maximum Gasteiger partial charge on any atom is 0.307 e. The van der Waals surface area contributed by atoms with E-state index in [9.17, 15) is 4.79 Å². The van der Waals surface area contributed by atoms with E-state index in [4.69, 9.17) is 14.2 Å². The fraction of sp³-hybridized carbons (Fsp3) is 0.520. The number of hydrogen-bond donors (Lipinski definition) is 0. The van der Waals surface area contributed by atoms with Crippen molar-refractivity contribution in [1.29, 1.82) is 0 Å². The van der Waals surface area contributed by atoms with Crippen LogP contribution in [0, 0.1) is 0 Å². The minimum Gasteiger partial charge on any atom is -0.497 e. The highest BCUT2D eigenvalue weighted by Crippen LogP contribution is 2.31. The molecule has 0 saturated carbocycles. The Balaban J connectivity index is 1.62. The average Bonchev–Trinajstić information content (AvgIpc) is 2.82. The first-order valence-corrected chi connectivity index (χ1v) is 11.1.